The van der Waals surface area contributed by atoms with Crippen LogP contribution in [0.5, 0.6) is 0 Å². The summed E-state index contributed by atoms with van der Waals surface area (Å²) < 4.78 is 38.6. The van der Waals surface area contributed by atoms with Gasteiger partial charge in [-0.15, -0.1) is 0 Å². The topological polar surface area (TPSA) is 369 Å². The van der Waals surface area contributed by atoms with Gasteiger partial charge in [0.2, 0.25) is 41.4 Å². The van der Waals surface area contributed by atoms with Crippen molar-refractivity contribution in [1.82, 2.24) is 45.2 Å². The fourth-order valence-corrected chi connectivity index (χ4v) is 13.0. The Labute approximate surface area is 470 Å². The van der Waals surface area contributed by atoms with Gasteiger partial charge in [-0.05, 0) is 136 Å². The molecule has 4 fully saturated rings. The van der Waals surface area contributed by atoms with E-state index in [0.29, 0.717) is 28.5 Å². The molecule has 27 heteroatoms. The summed E-state index contributed by atoms with van der Waals surface area (Å²) >= 11 is 0. The molecule has 82 heavy (non-hydrogen) atoms. The number of nitrogens with two attached hydrogens (primary N) is 1. The average molecular weight is 1170 g/mol. The number of carbonyl (C=O) groups is 9. The molecule has 1 aliphatic carbocycles. The quantitative estimate of drug-likeness (QED) is 0.0457. The first-order chi connectivity index (χ1) is 38.8. The molecular weight excluding hydrogens is 1100 g/mol. The molecule has 436 valence electrons. The lowest BCUT2D eigenvalue weighted by atomic mass is 9.78. The number of aromatic amines is 1. The summed E-state index contributed by atoms with van der Waals surface area (Å²) in [6, 6.07) is 11.4. The van der Waals surface area contributed by atoms with Crippen LogP contribution >= 0.6 is 7.60 Å². The van der Waals surface area contributed by atoms with Gasteiger partial charge in [-0.1, -0.05) is 18.2 Å². The number of imide groups is 1. The number of hydrogen-bond acceptors (Lipinski definition) is 13. The monoisotopic (exact) mass is 1170 g/mol. The number of carbonyl (C=O) groups excluding carboxylic acids is 9. The van der Waals surface area contributed by atoms with E-state index >= 15 is 4.79 Å². The van der Waals surface area contributed by atoms with Crippen molar-refractivity contribution in [2.24, 2.45) is 24.6 Å². The molecule has 5 atom stereocenters. The highest BCUT2D eigenvalue weighted by atomic mass is 32.2. The molecule has 9 N–H and O–H groups in total. The molecule has 3 aliphatic heterocycles. The fourth-order valence-electron chi connectivity index (χ4n) is 11.9. The van der Waals surface area contributed by atoms with Gasteiger partial charge in [0.05, 0.1) is 15.9 Å². The number of nitrogens with one attached hydrogen (secondary N) is 5. The van der Waals surface area contributed by atoms with Crippen LogP contribution in [0.4, 0.5) is 0 Å². The molecule has 2 aromatic heterocycles. The maximum Gasteiger partial charge on any atom is 0.396 e. The lowest BCUT2D eigenvalue weighted by molar-refractivity contribution is -0.146. The van der Waals surface area contributed by atoms with Crippen molar-refractivity contribution in [1.29, 1.82) is 0 Å². The van der Waals surface area contributed by atoms with E-state index in [1.165, 1.54) is 62.6 Å². The van der Waals surface area contributed by atoms with Crippen LogP contribution in [0.2, 0.25) is 0 Å². The summed E-state index contributed by atoms with van der Waals surface area (Å²) in [5.41, 5.74) is 6.45. The van der Waals surface area contributed by atoms with Gasteiger partial charge in [0.25, 0.3) is 11.4 Å². The van der Waals surface area contributed by atoms with E-state index in [-0.39, 0.29) is 115 Å². The SMILES string of the molecule is Cn1c(=O)n(C2CCC(=O)NC2=O)c2ccc(CC3CCC(CC(=O)N4CC[C@H]5CC[C@@H](C(=O)N[C@@H](CCC(N)=O)C(=O)NCc6ccc(S(C)(=O)=O)cc6)N5C(=O)[C@@H](NC(=O)c5cc6cc(C(=O)P(=O)(O)O)ccc6[nH]5)C4)CC3)cc21. The molecule has 1 unspecified atom stereocenters. The first-order valence-electron chi connectivity index (χ1n) is 27.2. The average Bonchev–Trinajstić information content (AvgIpc) is 3.28. The van der Waals surface area contributed by atoms with Crippen LogP contribution < -0.4 is 32.7 Å². The van der Waals surface area contributed by atoms with Crippen LogP contribution in [-0.2, 0) is 68.0 Å². The number of benzene rings is 3. The van der Waals surface area contributed by atoms with Crippen LogP contribution in [0.1, 0.15) is 115 Å². The summed E-state index contributed by atoms with van der Waals surface area (Å²) in [7, 11) is -6.97. The number of aromatic nitrogens is 3. The number of piperidine rings is 1. The van der Waals surface area contributed by atoms with Gasteiger partial charge in [-0.25, -0.2) is 13.2 Å². The summed E-state index contributed by atoms with van der Waals surface area (Å²) in [5.74, 6) is -4.43. The zero-order chi connectivity index (χ0) is 58.9. The minimum absolute atomic E-state index is 0.00803. The van der Waals surface area contributed by atoms with Crippen molar-refractivity contribution in [3.63, 3.8) is 0 Å². The van der Waals surface area contributed by atoms with Crippen molar-refractivity contribution < 1.29 is 65.9 Å². The van der Waals surface area contributed by atoms with E-state index in [1.54, 1.807) is 11.9 Å². The highest BCUT2D eigenvalue weighted by Crippen LogP contribution is 2.40. The third-order valence-corrected chi connectivity index (χ3v) is 18.2. The van der Waals surface area contributed by atoms with Crippen molar-refractivity contribution >= 4 is 92.2 Å². The van der Waals surface area contributed by atoms with Gasteiger partial charge in [0, 0.05) is 74.7 Å². The van der Waals surface area contributed by atoms with Crippen LogP contribution in [0, 0.1) is 11.8 Å². The predicted molar refractivity (Wildman–Crippen MR) is 295 cm³/mol. The van der Waals surface area contributed by atoms with Crippen molar-refractivity contribution in [3.8, 4) is 0 Å². The number of H-pyrrole nitrogens is 1. The third-order valence-electron chi connectivity index (χ3n) is 16.3. The zero-order valence-corrected chi connectivity index (χ0v) is 46.8. The predicted octanol–water partition coefficient (Wildman–Crippen LogP) is 1.72. The molecular formula is C55H65N10O15PS. The minimum atomic E-state index is -5.14. The molecule has 5 heterocycles. The molecule has 25 nitrogen and oxygen atoms in total. The Morgan fingerprint density at radius 3 is 2.23 bits per heavy atom. The maximum atomic E-state index is 15.0. The number of aryl methyl sites for hydroxylation is 1. The van der Waals surface area contributed by atoms with E-state index in [2.05, 4.69) is 26.3 Å². The summed E-state index contributed by atoms with van der Waals surface area (Å²) in [6.07, 6.45) is 5.70. The zero-order valence-electron chi connectivity index (χ0n) is 45.1. The number of sulfone groups is 1. The number of rotatable bonds is 18. The second-order valence-electron chi connectivity index (χ2n) is 22.0. The number of fused-ring (bicyclic) bond motifs is 3. The largest absolute Gasteiger partial charge is 0.396 e. The van der Waals surface area contributed by atoms with Gasteiger partial charge in [-0.3, -0.25) is 62.2 Å². The first kappa shape index (κ1) is 58.8. The van der Waals surface area contributed by atoms with Crippen molar-refractivity contribution in [2.45, 2.75) is 125 Å². The molecule has 3 saturated heterocycles. The number of hydrogen-bond donors (Lipinski definition) is 8. The Bertz CT molecular complexity index is 3640. The Hall–Kier alpha value is -7.80. The number of primary amides is 1. The Morgan fingerprint density at radius 1 is 0.841 bits per heavy atom. The van der Waals surface area contributed by atoms with Crippen LogP contribution in [0.3, 0.4) is 0 Å². The molecule has 0 bridgehead atoms. The van der Waals surface area contributed by atoms with Crippen LogP contribution in [0.25, 0.3) is 21.9 Å². The van der Waals surface area contributed by atoms with E-state index in [9.17, 15) is 65.9 Å². The first-order valence-corrected chi connectivity index (χ1v) is 30.7. The number of amides is 8. The van der Waals surface area contributed by atoms with E-state index in [1.807, 2.05) is 18.2 Å². The molecule has 0 spiro atoms. The highest BCUT2D eigenvalue weighted by molar-refractivity contribution is 7.90. The second kappa shape index (κ2) is 24.0. The molecule has 1 saturated carbocycles. The fraction of sp³-hybridized carbons (Fsp3) is 0.455. The summed E-state index contributed by atoms with van der Waals surface area (Å²) in [4.78, 5) is 159. The number of nitrogens with zero attached hydrogens (tertiary/aromatic N) is 4. The second-order valence-corrected chi connectivity index (χ2v) is 25.5. The summed E-state index contributed by atoms with van der Waals surface area (Å²) in [6.45, 7) is -0.168. The smallest absolute Gasteiger partial charge is 0.370 e. The normalized spacial score (nSPS) is 22.0. The van der Waals surface area contributed by atoms with Gasteiger partial charge < -0.3 is 46.3 Å². The Kier molecular flexibility index (Phi) is 17.2. The van der Waals surface area contributed by atoms with Gasteiger partial charge in [0.15, 0.2) is 9.84 Å². The van der Waals surface area contributed by atoms with Gasteiger partial charge >= 0.3 is 13.3 Å². The Morgan fingerprint density at radius 2 is 1.55 bits per heavy atom. The maximum absolute atomic E-state index is 15.0. The molecule has 0 radical (unpaired) electrons. The molecule has 5 aromatic rings. The Balaban J connectivity index is 0.889. The summed E-state index contributed by atoms with van der Waals surface area (Å²) in [5, 5.41) is 10.8. The van der Waals surface area contributed by atoms with Crippen LogP contribution in [-0.4, -0.2) is 138 Å². The van der Waals surface area contributed by atoms with Crippen molar-refractivity contribution in [3.05, 3.63) is 99.6 Å². The molecule has 4 aliphatic rings. The third kappa shape index (κ3) is 13.1. The molecule has 3 aromatic carbocycles. The highest BCUT2D eigenvalue weighted by Gasteiger charge is 2.46. The van der Waals surface area contributed by atoms with Gasteiger partial charge in [-0.2, -0.15) is 0 Å². The van der Waals surface area contributed by atoms with Crippen LogP contribution in [0.15, 0.2) is 76.4 Å². The molecule has 9 rings (SSSR count). The van der Waals surface area contributed by atoms with Gasteiger partial charge in [0.1, 0.15) is 29.9 Å². The lowest BCUT2D eigenvalue weighted by Crippen LogP contribution is -2.62. The standard InChI is InChI=1S/C55H65N10O15PS/c1-62-45-24-33(9-16-42(45)65(55(62)75)44-18-20-47(67)61-52(44)72)23-30-3-5-31(6-4-30)25-48(68)63-22-21-36-11-17-43(51(71)59-39(15-19-46(56)66)49(69)57-28-32-7-12-37(13-8-32)82(2,79)80)64(36)53(73)41(29-63)60-50(70)40-27-35-26-34(10-14-38(35)58-40)54(74)81(76,77)78/h7-10,12-14,16,24,26-27,30-31,36,39,41,43-44,58H,3-6,11,15,17-23,25,28-29H2,1-2H3,(H2,56,66)(H,57,69)(H,59,71)(H,60,70)(H,61,67,72)(H2,76,77,78)/t30?,31?,36-,39+,41+,43+,44?/m1/s1. The molecule has 8 amide bonds. The van der Waals surface area contributed by atoms with Crippen molar-refractivity contribution in [2.75, 3.05) is 19.3 Å². The van der Waals surface area contributed by atoms with E-state index in [4.69, 9.17) is 5.73 Å². The van der Waals surface area contributed by atoms with E-state index in [0.717, 1.165) is 43.9 Å². The lowest BCUT2D eigenvalue weighted by Gasteiger charge is -2.39. The minimum Gasteiger partial charge on any atom is -0.370 e. The van der Waals surface area contributed by atoms with E-state index < -0.39 is 88.6 Å². The number of imidazole rings is 1.